The summed E-state index contributed by atoms with van der Waals surface area (Å²) >= 11 is 0. The number of nitro groups is 2. The Morgan fingerprint density at radius 1 is 1.00 bits per heavy atom. The summed E-state index contributed by atoms with van der Waals surface area (Å²) < 4.78 is 4.66. The molecular weight excluding hydrogens is 352 g/mol. The van der Waals surface area contributed by atoms with Crippen LogP contribution < -0.4 is 0 Å². The van der Waals surface area contributed by atoms with E-state index in [1.807, 2.05) is 0 Å². The maximum Gasteiger partial charge on any atom is 0.333 e. The number of methoxy groups -OCH3 is 1. The predicted octanol–water partition coefficient (Wildman–Crippen LogP) is 4.16. The normalized spacial score (nSPS) is 10.9. The second-order valence-electron chi connectivity index (χ2n) is 5.59. The van der Waals surface area contributed by atoms with Crippen LogP contribution in [0.4, 0.5) is 11.4 Å². The third-order valence-electron chi connectivity index (χ3n) is 3.77. The van der Waals surface area contributed by atoms with Gasteiger partial charge in [-0.15, -0.1) is 0 Å². The standard InChI is InChI=1S/C19H16N2O6/c1-13(19(22)27-2)11-16(15-5-9-18(10-6-15)21(25)26)12-14-3-7-17(8-4-14)20(23)24/h3-10,12H,1,11H2,2H3/b16-12-. The van der Waals surface area contributed by atoms with Gasteiger partial charge >= 0.3 is 5.97 Å². The fourth-order valence-electron chi connectivity index (χ4n) is 2.37. The monoisotopic (exact) mass is 368 g/mol. The van der Waals surface area contributed by atoms with E-state index in [1.54, 1.807) is 30.3 Å². The molecule has 8 heteroatoms. The van der Waals surface area contributed by atoms with E-state index in [9.17, 15) is 25.0 Å². The first-order chi connectivity index (χ1) is 12.8. The summed E-state index contributed by atoms with van der Waals surface area (Å²) in [6.07, 6.45) is 1.89. The van der Waals surface area contributed by atoms with Gasteiger partial charge in [-0.1, -0.05) is 12.7 Å². The molecule has 0 bridgehead atoms. The SMILES string of the molecule is C=C(C/C(=C/c1ccc([N+](=O)[O-])cc1)c1ccc([N+](=O)[O-])cc1)C(=O)OC. The summed E-state index contributed by atoms with van der Waals surface area (Å²) in [5.41, 5.74) is 2.11. The number of nitro benzene ring substituents is 2. The van der Waals surface area contributed by atoms with Crippen molar-refractivity contribution in [2.24, 2.45) is 0 Å². The van der Waals surface area contributed by atoms with E-state index in [0.717, 1.165) is 0 Å². The van der Waals surface area contributed by atoms with Crippen LogP contribution in [0.1, 0.15) is 17.5 Å². The van der Waals surface area contributed by atoms with Crippen LogP contribution in [0.3, 0.4) is 0 Å². The third-order valence-corrected chi connectivity index (χ3v) is 3.77. The molecular formula is C19H16N2O6. The van der Waals surface area contributed by atoms with Crippen molar-refractivity contribution >= 4 is 29.0 Å². The topological polar surface area (TPSA) is 113 Å². The van der Waals surface area contributed by atoms with E-state index in [-0.39, 0.29) is 23.4 Å². The van der Waals surface area contributed by atoms with E-state index >= 15 is 0 Å². The van der Waals surface area contributed by atoms with Crippen LogP contribution >= 0.6 is 0 Å². The third kappa shape index (κ3) is 5.08. The fourth-order valence-corrected chi connectivity index (χ4v) is 2.37. The maximum absolute atomic E-state index is 11.7. The second kappa shape index (κ2) is 8.52. The molecule has 0 N–H and O–H groups in total. The van der Waals surface area contributed by atoms with Crippen molar-refractivity contribution in [3.63, 3.8) is 0 Å². The fraction of sp³-hybridized carbons (Fsp3) is 0.105. The molecule has 0 saturated carbocycles. The van der Waals surface area contributed by atoms with Gasteiger partial charge in [-0.3, -0.25) is 20.2 Å². The van der Waals surface area contributed by atoms with Crippen molar-refractivity contribution in [3.8, 4) is 0 Å². The average molecular weight is 368 g/mol. The Hall–Kier alpha value is -3.81. The Balaban J connectivity index is 2.41. The van der Waals surface area contributed by atoms with Crippen LogP contribution in [0.5, 0.6) is 0 Å². The Morgan fingerprint density at radius 2 is 1.48 bits per heavy atom. The minimum atomic E-state index is -0.563. The lowest BCUT2D eigenvalue weighted by atomic mass is 9.96. The number of carbonyl (C=O) groups excluding carboxylic acids is 1. The van der Waals surface area contributed by atoms with Crippen molar-refractivity contribution in [2.75, 3.05) is 7.11 Å². The highest BCUT2D eigenvalue weighted by atomic mass is 16.6. The highest BCUT2D eigenvalue weighted by Gasteiger charge is 2.13. The first-order valence-electron chi connectivity index (χ1n) is 7.77. The number of rotatable bonds is 7. The number of esters is 1. The second-order valence-corrected chi connectivity index (χ2v) is 5.59. The van der Waals surface area contributed by atoms with Gasteiger partial charge in [-0.05, 0) is 41.0 Å². The lowest BCUT2D eigenvalue weighted by molar-refractivity contribution is -0.385. The van der Waals surface area contributed by atoms with E-state index in [2.05, 4.69) is 11.3 Å². The summed E-state index contributed by atoms with van der Waals surface area (Å²) in [4.78, 5) is 32.3. The van der Waals surface area contributed by atoms with Crippen LogP contribution in [0.2, 0.25) is 0 Å². The molecule has 2 aromatic rings. The molecule has 0 aromatic heterocycles. The van der Waals surface area contributed by atoms with Gasteiger partial charge in [-0.25, -0.2) is 4.79 Å². The molecule has 8 nitrogen and oxygen atoms in total. The van der Waals surface area contributed by atoms with Gasteiger partial charge in [-0.2, -0.15) is 0 Å². The molecule has 0 saturated heterocycles. The average Bonchev–Trinajstić information content (AvgIpc) is 2.67. The van der Waals surface area contributed by atoms with E-state index in [4.69, 9.17) is 0 Å². The molecule has 0 fully saturated rings. The van der Waals surface area contributed by atoms with Gasteiger partial charge < -0.3 is 4.74 Å². The molecule has 0 spiro atoms. The van der Waals surface area contributed by atoms with Crippen LogP contribution in [-0.4, -0.2) is 22.9 Å². The predicted molar refractivity (Wildman–Crippen MR) is 99.8 cm³/mol. The number of benzene rings is 2. The Morgan fingerprint density at radius 3 is 1.93 bits per heavy atom. The van der Waals surface area contributed by atoms with Gasteiger partial charge in [0, 0.05) is 36.3 Å². The first-order valence-corrected chi connectivity index (χ1v) is 7.77. The van der Waals surface area contributed by atoms with Crippen LogP contribution in [0, 0.1) is 20.2 Å². The molecule has 0 atom stereocenters. The first kappa shape index (κ1) is 19.5. The zero-order valence-corrected chi connectivity index (χ0v) is 14.5. The van der Waals surface area contributed by atoms with Gasteiger partial charge in [0.05, 0.1) is 17.0 Å². The number of hydrogen-bond acceptors (Lipinski definition) is 6. The number of nitrogens with zero attached hydrogens (tertiary/aromatic N) is 2. The zero-order valence-electron chi connectivity index (χ0n) is 14.5. The quantitative estimate of drug-likeness (QED) is 0.238. The van der Waals surface area contributed by atoms with Crippen LogP contribution in [-0.2, 0) is 9.53 Å². The lowest BCUT2D eigenvalue weighted by Gasteiger charge is -2.10. The summed E-state index contributed by atoms with van der Waals surface area (Å²) in [6, 6.07) is 11.7. The van der Waals surface area contributed by atoms with Crippen LogP contribution in [0.25, 0.3) is 11.6 Å². The molecule has 0 aliphatic carbocycles. The van der Waals surface area contributed by atoms with Crippen molar-refractivity contribution in [1.29, 1.82) is 0 Å². The molecule has 138 valence electrons. The van der Waals surface area contributed by atoms with Crippen molar-refractivity contribution in [1.82, 2.24) is 0 Å². The summed E-state index contributed by atoms with van der Waals surface area (Å²) in [5, 5.41) is 21.6. The number of non-ortho nitro benzene ring substituents is 2. The molecule has 2 rings (SSSR count). The number of hydrogen-bond donors (Lipinski definition) is 0. The highest BCUT2D eigenvalue weighted by molar-refractivity contribution is 5.93. The molecule has 0 amide bonds. The van der Waals surface area contributed by atoms with E-state index < -0.39 is 15.8 Å². The molecule has 0 aliphatic rings. The van der Waals surface area contributed by atoms with Crippen LogP contribution in [0.15, 0.2) is 60.7 Å². The number of allylic oxidation sites excluding steroid dienone is 1. The van der Waals surface area contributed by atoms with E-state index in [0.29, 0.717) is 16.7 Å². The number of carbonyl (C=O) groups is 1. The Labute approximate surface area is 154 Å². The minimum absolute atomic E-state index is 0.0389. The van der Waals surface area contributed by atoms with E-state index in [1.165, 1.54) is 31.4 Å². The number of ether oxygens (including phenoxy) is 1. The molecule has 0 heterocycles. The lowest BCUT2D eigenvalue weighted by Crippen LogP contribution is -2.04. The zero-order chi connectivity index (χ0) is 20.0. The summed E-state index contributed by atoms with van der Waals surface area (Å²) in [6.45, 7) is 3.70. The van der Waals surface area contributed by atoms with Gasteiger partial charge in [0.15, 0.2) is 0 Å². The highest BCUT2D eigenvalue weighted by Crippen LogP contribution is 2.27. The molecule has 0 unspecified atom stereocenters. The van der Waals surface area contributed by atoms with Crippen molar-refractivity contribution in [2.45, 2.75) is 6.42 Å². The Kier molecular flexibility index (Phi) is 6.16. The minimum Gasteiger partial charge on any atom is -0.466 e. The largest absolute Gasteiger partial charge is 0.466 e. The maximum atomic E-state index is 11.7. The Bertz CT molecular complexity index is 914. The van der Waals surface area contributed by atoms with Gasteiger partial charge in [0.2, 0.25) is 0 Å². The molecule has 27 heavy (non-hydrogen) atoms. The molecule has 2 aromatic carbocycles. The van der Waals surface area contributed by atoms with Gasteiger partial charge in [0.1, 0.15) is 0 Å². The van der Waals surface area contributed by atoms with Crippen molar-refractivity contribution in [3.05, 3.63) is 92.0 Å². The van der Waals surface area contributed by atoms with Gasteiger partial charge in [0.25, 0.3) is 11.4 Å². The molecule has 0 aliphatic heterocycles. The smallest absolute Gasteiger partial charge is 0.333 e. The summed E-state index contributed by atoms with van der Waals surface area (Å²) in [5.74, 6) is -0.563. The van der Waals surface area contributed by atoms with Crippen molar-refractivity contribution < 1.29 is 19.4 Å². The summed E-state index contributed by atoms with van der Waals surface area (Å²) in [7, 11) is 1.25. The molecule has 0 radical (unpaired) electrons.